The molecule has 0 bridgehead atoms. The Hall–Kier alpha value is -2.04. The topological polar surface area (TPSA) is 70.2 Å². The van der Waals surface area contributed by atoms with Crippen molar-refractivity contribution in [3.63, 3.8) is 0 Å². The molecule has 0 aromatic heterocycles. The Morgan fingerprint density at radius 1 is 0.958 bits per heavy atom. The normalized spacial score (nSPS) is 23.4. The molecule has 1 aromatic carbocycles. The van der Waals surface area contributed by atoms with E-state index in [1.54, 1.807) is 6.07 Å². The number of para-hydroxylation sites is 1. The van der Waals surface area contributed by atoms with Crippen molar-refractivity contribution in [3.8, 4) is 0 Å². The van der Waals surface area contributed by atoms with E-state index in [0.717, 1.165) is 31.6 Å². The molecular formula is C19H27N3O2. The maximum Gasteiger partial charge on any atom is 0.253 e. The van der Waals surface area contributed by atoms with Crippen molar-refractivity contribution in [1.29, 1.82) is 0 Å². The van der Waals surface area contributed by atoms with Crippen molar-refractivity contribution < 1.29 is 9.59 Å². The molecule has 5 nitrogen and oxygen atoms in total. The first kappa shape index (κ1) is 16.8. The van der Waals surface area contributed by atoms with Crippen molar-refractivity contribution in [2.75, 3.05) is 11.9 Å². The molecule has 0 unspecified atom stereocenters. The largest absolute Gasteiger partial charge is 0.376 e. The van der Waals surface area contributed by atoms with Crippen LogP contribution in [0.25, 0.3) is 0 Å². The first-order chi connectivity index (χ1) is 11.6. The fraction of sp³-hybridized carbons (Fsp3) is 0.579. The van der Waals surface area contributed by atoms with Crippen LogP contribution in [0.5, 0.6) is 0 Å². The Kier molecular flexibility index (Phi) is 5.38. The van der Waals surface area contributed by atoms with E-state index in [4.69, 9.17) is 0 Å². The van der Waals surface area contributed by atoms with Gasteiger partial charge in [-0.1, -0.05) is 19.1 Å². The quantitative estimate of drug-likeness (QED) is 0.751. The summed E-state index contributed by atoms with van der Waals surface area (Å²) >= 11 is 0. The standard InChI is InChI=1S/C19H27N3O2/c1-13-6-8-14(9-7-13)21-18(23)12-20-17-5-3-2-4-16(17)19(24)22-15-10-11-15/h2-5,13-15,20H,6-12H2,1H3,(H,21,23)(H,22,24). The highest BCUT2D eigenvalue weighted by atomic mass is 16.2. The number of nitrogens with one attached hydrogen (secondary N) is 3. The molecule has 2 saturated carbocycles. The summed E-state index contributed by atoms with van der Waals surface area (Å²) < 4.78 is 0. The van der Waals surface area contributed by atoms with Crippen LogP contribution < -0.4 is 16.0 Å². The SMILES string of the molecule is CC1CCC(NC(=O)CNc2ccccc2C(=O)NC2CC2)CC1. The molecule has 2 aliphatic rings. The van der Waals surface area contributed by atoms with Crippen LogP contribution >= 0.6 is 0 Å². The summed E-state index contributed by atoms with van der Waals surface area (Å²) in [6.45, 7) is 2.46. The zero-order valence-electron chi connectivity index (χ0n) is 14.3. The average molecular weight is 329 g/mol. The van der Waals surface area contributed by atoms with Crippen LogP contribution in [0.3, 0.4) is 0 Å². The average Bonchev–Trinajstić information content (AvgIpc) is 3.39. The highest BCUT2D eigenvalue weighted by Crippen LogP contribution is 2.23. The van der Waals surface area contributed by atoms with Crippen molar-refractivity contribution in [2.45, 2.75) is 57.5 Å². The number of carbonyl (C=O) groups is 2. The number of hydrogen-bond donors (Lipinski definition) is 3. The van der Waals surface area contributed by atoms with Gasteiger partial charge in [-0.2, -0.15) is 0 Å². The lowest BCUT2D eigenvalue weighted by molar-refractivity contribution is -0.120. The molecular weight excluding hydrogens is 302 g/mol. The number of carbonyl (C=O) groups excluding carboxylic acids is 2. The smallest absolute Gasteiger partial charge is 0.253 e. The lowest BCUT2D eigenvalue weighted by Gasteiger charge is -2.27. The fourth-order valence-corrected chi connectivity index (χ4v) is 3.18. The minimum absolute atomic E-state index is 0.00745. The van der Waals surface area contributed by atoms with Crippen LogP contribution in [0.2, 0.25) is 0 Å². The molecule has 0 saturated heterocycles. The van der Waals surface area contributed by atoms with Crippen LogP contribution in [-0.2, 0) is 4.79 Å². The molecule has 0 aliphatic heterocycles. The first-order valence-corrected chi connectivity index (χ1v) is 9.05. The number of benzene rings is 1. The summed E-state index contributed by atoms with van der Waals surface area (Å²) in [5.41, 5.74) is 1.31. The third kappa shape index (κ3) is 4.73. The Balaban J connectivity index is 1.50. The molecule has 130 valence electrons. The van der Waals surface area contributed by atoms with Gasteiger partial charge in [0, 0.05) is 17.8 Å². The van der Waals surface area contributed by atoms with Crippen molar-refractivity contribution in [1.82, 2.24) is 10.6 Å². The predicted molar refractivity (Wildman–Crippen MR) is 95.0 cm³/mol. The summed E-state index contributed by atoms with van der Waals surface area (Å²) in [7, 11) is 0. The summed E-state index contributed by atoms with van der Waals surface area (Å²) in [5.74, 6) is 0.697. The Morgan fingerprint density at radius 2 is 1.58 bits per heavy atom. The third-order valence-corrected chi connectivity index (χ3v) is 4.90. The Labute approximate surface area is 143 Å². The maximum absolute atomic E-state index is 12.3. The minimum Gasteiger partial charge on any atom is -0.376 e. The Morgan fingerprint density at radius 3 is 2.29 bits per heavy atom. The van der Waals surface area contributed by atoms with Crippen LogP contribution in [0.1, 0.15) is 55.8 Å². The summed E-state index contributed by atoms with van der Waals surface area (Å²) in [6.07, 6.45) is 6.61. The van der Waals surface area contributed by atoms with Gasteiger partial charge < -0.3 is 16.0 Å². The highest BCUT2D eigenvalue weighted by Gasteiger charge is 2.25. The maximum atomic E-state index is 12.3. The van der Waals surface area contributed by atoms with Gasteiger partial charge in [0.2, 0.25) is 5.91 Å². The number of amides is 2. The zero-order valence-corrected chi connectivity index (χ0v) is 14.3. The molecule has 0 heterocycles. The molecule has 5 heteroatoms. The van der Waals surface area contributed by atoms with Gasteiger partial charge in [0.05, 0.1) is 12.1 Å². The van der Waals surface area contributed by atoms with E-state index >= 15 is 0 Å². The molecule has 2 amide bonds. The highest BCUT2D eigenvalue weighted by molar-refractivity contribution is 6.00. The second-order valence-electron chi connectivity index (χ2n) is 7.17. The van der Waals surface area contributed by atoms with E-state index in [2.05, 4.69) is 22.9 Å². The lowest BCUT2D eigenvalue weighted by Crippen LogP contribution is -2.40. The van der Waals surface area contributed by atoms with Crippen LogP contribution in [0, 0.1) is 5.92 Å². The van der Waals surface area contributed by atoms with Gasteiger partial charge in [-0.15, -0.1) is 0 Å². The molecule has 1 aromatic rings. The molecule has 0 radical (unpaired) electrons. The van der Waals surface area contributed by atoms with Gasteiger partial charge in [0.1, 0.15) is 0 Å². The van der Waals surface area contributed by atoms with E-state index in [1.165, 1.54) is 12.8 Å². The number of anilines is 1. The molecule has 0 spiro atoms. The monoisotopic (exact) mass is 329 g/mol. The van der Waals surface area contributed by atoms with Crippen molar-refractivity contribution >= 4 is 17.5 Å². The van der Waals surface area contributed by atoms with E-state index in [0.29, 0.717) is 23.3 Å². The molecule has 3 rings (SSSR count). The van der Waals surface area contributed by atoms with Gasteiger partial charge in [-0.3, -0.25) is 9.59 Å². The first-order valence-electron chi connectivity index (χ1n) is 9.05. The van der Waals surface area contributed by atoms with Crippen LogP contribution in [0.4, 0.5) is 5.69 Å². The van der Waals surface area contributed by atoms with Gasteiger partial charge in [0.15, 0.2) is 0 Å². The molecule has 3 N–H and O–H groups in total. The van der Waals surface area contributed by atoms with Gasteiger partial charge >= 0.3 is 0 Å². The van der Waals surface area contributed by atoms with Crippen molar-refractivity contribution in [3.05, 3.63) is 29.8 Å². The fourth-order valence-electron chi connectivity index (χ4n) is 3.18. The zero-order chi connectivity index (χ0) is 16.9. The summed E-state index contributed by atoms with van der Waals surface area (Å²) in [5, 5.41) is 9.20. The predicted octanol–water partition coefficient (Wildman–Crippen LogP) is 2.69. The minimum atomic E-state index is -0.0673. The van der Waals surface area contributed by atoms with Gasteiger partial charge in [-0.25, -0.2) is 0 Å². The summed E-state index contributed by atoms with van der Waals surface area (Å²) in [6, 6.07) is 7.97. The second kappa shape index (κ2) is 7.69. The van der Waals surface area contributed by atoms with E-state index < -0.39 is 0 Å². The number of hydrogen-bond acceptors (Lipinski definition) is 3. The number of rotatable bonds is 6. The molecule has 2 fully saturated rings. The molecule has 24 heavy (non-hydrogen) atoms. The van der Waals surface area contributed by atoms with E-state index in [1.807, 2.05) is 18.2 Å². The third-order valence-electron chi connectivity index (χ3n) is 4.90. The molecule has 2 aliphatic carbocycles. The Bertz CT molecular complexity index is 590. The lowest BCUT2D eigenvalue weighted by atomic mass is 9.87. The summed E-state index contributed by atoms with van der Waals surface area (Å²) in [4.78, 5) is 24.4. The van der Waals surface area contributed by atoms with Gasteiger partial charge in [0.25, 0.3) is 5.91 Å². The van der Waals surface area contributed by atoms with E-state index in [-0.39, 0.29) is 18.4 Å². The van der Waals surface area contributed by atoms with Gasteiger partial charge in [-0.05, 0) is 56.6 Å². The molecule has 0 atom stereocenters. The van der Waals surface area contributed by atoms with Crippen LogP contribution in [-0.4, -0.2) is 30.4 Å². The van der Waals surface area contributed by atoms with E-state index in [9.17, 15) is 9.59 Å². The second-order valence-corrected chi connectivity index (χ2v) is 7.17. The van der Waals surface area contributed by atoms with Crippen LogP contribution in [0.15, 0.2) is 24.3 Å². The van der Waals surface area contributed by atoms with Crippen molar-refractivity contribution in [2.24, 2.45) is 5.92 Å².